The number of nitrogens with one attached hydrogen (secondary N) is 1. The van der Waals surface area contributed by atoms with Gasteiger partial charge in [-0.05, 0) is 6.92 Å². The molecule has 18 heavy (non-hydrogen) atoms. The molecule has 2 heterocycles. The van der Waals surface area contributed by atoms with Crippen LogP contribution < -0.4 is 5.32 Å². The molecule has 1 aliphatic rings. The highest BCUT2D eigenvalue weighted by molar-refractivity contribution is 5.92. The molecular formula is C11H15N3O4. The van der Waals surface area contributed by atoms with E-state index in [1.165, 1.54) is 24.5 Å². The van der Waals surface area contributed by atoms with Gasteiger partial charge in [0.2, 0.25) is 5.76 Å². The quantitative estimate of drug-likeness (QED) is 0.778. The maximum absolute atomic E-state index is 12.1. The van der Waals surface area contributed by atoms with Crippen LogP contribution in [0.1, 0.15) is 17.5 Å². The molecule has 1 unspecified atom stereocenters. The minimum absolute atomic E-state index is 0.163. The van der Waals surface area contributed by atoms with Gasteiger partial charge in [0.1, 0.15) is 0 Å². The van der Waals surface area contributed by atoms with Crippen LogP contribution in [0.2, 0.25) is 0 Å². The summed E-state index contributed by atoms with van der Waals surface area (Å²) in [6.07, 6.45) is 2.56. The van der Waals surface area contributed by atoms with Crippen LogP contribution in [0.15, 0.2) is 17.0 Å². The fourth-order valence-corrected chi connectivity index (χ4v) is 1.92. The van der Waals surface area contributed by atoms with E-state index in [0.29, 0.717) is 13.2 Å². The second-order valence-corrected chi connectivity index (χ2v) is 4.25. The molecule has 2 rings (SSSR count). The van der Waals surface area contributed by atoms with Crippen molar-refractivity contribution in [3.8, 4) is 0 Å². The van der Waals surface area contributed by atoms with Crippen molar-refractivity contribution in [1.29, 1.82) is 0 Å². The van der Waals surface area contributed by atoms with Crippen LogP contribution in [-0.2, 0) is 9.53 Å². The smallest absolute Gasteiger partial charge is 0.291 e. The monoisotopic (exact) mass is 253 g/mol. The largest absolute Gasteiger partial charge is 0.438 e. The van der Waals surface area contributed by atoms with Crippen molar-refractivity contribution in [2.24, 2.45) is 0 Å². The average molecular weight is 253 g/mol. The Morgan fingerprint density at radius 2 is 2.33 bits per heavy atom. The van der Waals surface area contributed by atoms with Crippen molar-refractivity contribution in [3.05, 3.63) is 18.4 Å². The molecule has 1 atom stereocenters. The lowest BCUT2D eigenvalue weighted by atomic mass is 10.0. The minimum atomic E-state index is -1.03. The summed E-state index contributed by atoms with van der Waals surface area (Å²) in [6, 6.07) is 0. The Bertz CT molecular complexity index is 445. The van der Waals surface area contributed by atoms with Gasteiger partial charge < -0.3 is 19.4 Å². The van der Waals surface area contributed by atoms with Crippen molar-refractivity contribution >= 4 is 11.8 Å². The molecule has 1 fully saturated rings. The highest BCUT2D eigenvalue weighted by Crippen LogP contribution is 2.19. The first-order chi connectivity index (χ1) is 8.57. The molecule has 0 spiro atoms. The Labute approximate surface area is 104 Å². The molecule has 1 aliphatic heterocycles. The van der Waals surface area contributed by atoms with E-state index < -0.39 is 5.60 Å². The number of carbonyl (C=O) groups excluding carboxylic acids is 2. The summed E-state index contributed by atoms with van der Waals surface area (Å²) in [5, 5.41) is 2.53. The zero-order valence-electron chi connectivity index (χ0n) is 10.3. The van der Waals surface area contributed by atoms with Gasteiger partial charge >= 0.3 is 0 Å². The van der Waals surface area contributed by atoms with Crippen LogP contribution in [-0.4, -0.2) is 54.0 Å². The number of hydrogen-bond acceptors (Lipinski definition) is 5. The maximum Gasteiger partial charge on any atom is 0.291 e. The Morgan fingerprint density at radius 3 is 2.94 bits per heavy atom. The van der Waals surface area contributed by atoms with E-state index in [1.54, 1.807) is 6.92 Å². The third-order valence-electron chi connectivity index (χ3n) is 2.91. The van der Waals surface area contributed by atoms with Gasteiger partial charge in [-0.2, -0.15) is 0 Å². The lowest BCUT2D eigenvalue weighted by Crippen LogP contribution is -2.58. The van der Waals surface area contributed by atoms with Gasteiger partial charge in [-0.1, -0.05) is 0 Å². The standard InChI is InChI=1S/C11H15N3O4/c1-11(10(16)12-2)6-14(3-4-18-11)9(15)8-5-13-7-17-8/h5,7H,3-4,6H2,1-2H3,(H,12,16). The van der Waals surface area contributed by atoms with Crippen LogP contribution >= 0.6 is 0 Å². The number of rotatable bonds is 2. The van der Waals surface area contributed by atoms with E-state index in [2.05, 4.69) is 10.3 Å². The average Bonchev–Trinajstić information content (AvgIpc) is 2.90. The highest BCUT2D eigenvalue weighted by Gasteiger charge is 2.40. The number of oxazole rings is 1. The fourth-order valence-electron chi connectivity index (χ4n) is 1.92. The summed E-state index contributed by atoms with van der Waals surface area (Å²) in [5.74, 6) is -0.375. The fraction of sp³-hybridized carbons (Fsp3) is 0.545. The zero-order chi connectivity index (χ0) is 13.2. The van der Waals surface area contributed by atoms with Crippen molar-refractivity contribution in [2.45, 2.75) is 12.5 Å². The maximum atomic E-state index is 12.1. The highest BCUT2D eigenvalue weighted by atomic mass is 16.5. The third kappa shape index (κ3) is 2.21. The molecule has 98 valence electrons. The number of nitrogens with zero attached hydrogens (tertiary/aromatic N) is 2. The second-order valence-electron chi connectivity index (χ2n) is 4.25. The number of hydrogen-bond donors (Lipinski definition) is 1. The molecule has 1 aromatic rings. The van der Waals surface area contributed by atoms with Crippen LogP contribution in [0.25, 0.3) is 0 Å². The van der Waals surface area contributed by atoms with Gasteiger partial charge in [-0.15, -0.1) is 0 Å². The molecular weight excluding hydrogens is 238 g/mol. The molecule has 0 saturated carbocycles. The number of ether oxygens (including phenoxy) is 1. The van der Waals surface area contributed by atoms with E-state index in [4.69, 9.17) is 9.15 Å². The molecule has 1 N–H and O–H groups in total. The molecule has 1 aromatic heterocycles. The van der Waals surface area contributed by atoms with E-state index >= 15 is 0 Å². The van der Waals surface area contributed by atoms with Crippen molar-refractivity contribution in [2.75, 3.05) is 26.7 Å². The van der Waals surface area contributed by atoms with Gasteiger partial charge in [0.25, 0.3) is 11.8 Å². The molecule has 0 aliphatic carbocycles. The summed E-state index contributed by atoms with van der Waals surface area (Å²) in [7, 11) is 1.54. The number of amides is 2. The van der Waals surface area contributed by atoms with Gasteiger partial charge in [0, 0.05) is 13.6 Å². The minimum Gasteiger partial charge on any atom is -0.438 e. The summed E-state index contributed by atoms with van der Waals surface area (Å²) in [5.41, 5.74) is -1.03. The number of likely N-dealkylation sites (N-methyl/N-ethyl adjacent to an activating group) is 1. The molecule has 0 aromatic carbocycles. The SMILES string of the molecule is CNC(=O)C1(C)CN(C(=O)c2cnco2)CCO1. The van der Waals surface area contributed by atoms with Crippen molar-refractivity contribution in [3.63, 3.8) is 0 Å². The van der Waals surface area contributed by atoms with Gasteiger partial charge in [-0.25, -0.2) is 4.98 Å². The van der Waals surface area contributed by atoms with E-state index in [0.717, 1.165) is 0 Å². The molecule has 7 heteroatoms. The predicted octanol–water partition coefficient (Wildman–Crippen LogP) is -0.348. The summed E-state index contributed by atoms with van der Waals surface area (Å²) in [6.45, 7) is 2.58. The summed E-state index contributed by atoms with van der Waals surface area (Å²) >= 11 is 0. The third-order valence-corrected chi connectivity index (χ3v) is 2.91. The van der Waals surface area contributed by atoms with Crippen molar-refractivity contribution in [1.82, 2.24) is 15.2 Å². The van der Waals surface area contributed by atoms with Crippen LogP contribution in [0.4, 0.5) is 0 Å². The Kier molecular flexibility index (Phi) is 3.33. The second kappa shape index (κ2) is 4.77. The zero-order valence-corrected chi connectivity index (χ0v) is 10.3. The van der Waals surface area contributed by atoms with Gasteiger partial charge in [0.05, 0.1) is 19.3 Å². The van der Waals surface area contributed by atoms with Crippen LogP contribution in [0.5, 0.6) is 0 Å². The van der Waals surface area contributed by atoms with Crippen LogP contribution in [0.3, 0.4) is 0 Å². The lowest BCUT2D eigenvalue weighted by molar-refractivity contribution is -0.153. The first kappa shape index (κ1) is 12.6. The Balaban J connectivity index is 2.12. The lowest BCUT2D eigenvalue weighted by Gasteiger charge is -2.38. The Morgan fingerprint density at radius 1 is 1.56 bits per heavy atom. The van der Waals surface area contributed by atoms with Gasteiger partial charge in [-0.3, -0.25) is 9.59 Å². The van der Waals surface area contributed by atoms with Crippen molar-refractivity contribution < 1.29 is 18.7 Å². The molecule has 1 saturated heterocycles. The van der Waals surface area contributed by atoms with E-state index in [9.17, 15) is 9.59 Å². The predicted molar refractivity (Wildman–Crippen MR) is 60.8 cm³/mol. The first-order valence-electron chi connectivity index (χ1n) is 5.61. The number of aromatic nitrogens is 1. The van der Waals surface area contributed by atoms with Crippen LogP contribution in [0, 0.1) is 0 Å². The summed E-state index contributed by atoms with van der Waals surface area (Å²) in [4.78, 5) is 29.0. The topological polar surface area (TPSA) is 84.7 Å². The number of carbonyl (C=O) groups is 2. The molecule has 0 bridgehead atoms. The molecule has 2 amide bonds. The Hall–Kier alpha value is -1.89. The van der Waals surface area contributed by atoms with E-state index in [-0.39, 0.29) is 24.1 Å². The van der Waals surface area contributed by atoms with E-state index in [1.807, 2.05) is 0 Å². The number of morpholine rings is 1. The molecule has 7 nitrogen and oxygen atoms in total. The molecule has 0 radical (unpaired) electrons. The normalized spacial score (nSPS) is 23.8. The van der Waals surface area contributed by atoms with Gasteiger partial charge in [0.15, 0.2) is 12.0 Å². The first-order valence-corrected chi connectivity index (χ1v) is 5.61. The summed E-state index contributed by atoms with van der Waals surface area (Å²) < 4.78 is 10.4.